The Morgan fingerprint density at radius 1 is 1.26 bits per heavy atom. The van der Waals surface area contributed by atoms with Gasteiger partial charge in [0.25, 0.3) is 0 Å². The number of aromatic nitrogens is 2. The van der Waals surface area contributed by atoms with Crippen molar-refractivity contribution in [3.63, 3.8) is 0 Å². The number of aliphatic imine (C=N–C) groups is 1. The van der Waals surface area contributed by atoms with E-state index in [0.717, 1.165) is 54.9 Å². The quantitative estimate of drug-likeness (QED) is 0.698. The van der Waals surface area contributed by atoms with Crippen LogP contribution in [-0.2, 0) is 4.74 Å². The Bertz CT molecular complexity index is 964. The van der Waals surface area contributed by atoms with Gasteiger partial charge >= 0.3 is 0 Å². The Labute approximate surface area is 157 Å². The van der Waals surface area contributed by atoms with E-state index in [-0.39, 0.29) is 6.17 Å². The highest BCUT2D eigenvalue weighted by molar-refractivity contribution is 5.98. The summed E-state index contributed by atoms with van der Waals surface area (Å²) in [5, 5.41) is 3.53. The van der Waals surface area contributed by atoms with Crippen molar-refractivity contribution in [3.8, 4) is 0 Å². The third-order valence-electron chi connectivity index (χ3n) is 5.00. The van der Waals surface area contributed by atoms with E-state index >= 15 is 0 Å². The number of para-hydroxylation sites is 2. The SMILES string of the molecule is COCCCN1CN=C2NC(c3ccco3)n3c(nc4ccccc43)N2C1. The van der Waals surface area contributed by atoms with Crippen molar-refractivity contribution < 1.29 is 9.15 Å². The second-order valence-corrected chi connectivity index (χ2v) is 6.77. The normalized spacial score (nSPS) is 19.5. The first-order chi connectivity index (χ1) is 13.3. The van der Waals surface area contributed by atoms with Crippen LogP contribution in [0.15, 0.2) is 52.1 Å². The number of ether oxygens (including phenoxy) is 1. The van der Waals surface area contributed by atoms with Crippen molar-refractivity contribution in [1.29, 1.82) is 0 Å². The molecule has 27 heavy (non-hydrogen) atoms. The van der Waals surface area contributed by atoms with E-state index < -0.39 is 0 Å². The van der Waals surface area contributed by atoms with Crippen LogP contribution in [0, 0.1) is 0 Å². The highest BCUT2D eigenvalue weighted by atomic mass is 16.5. The first kappa shape index (κ1) is 16.3. The molecule has 8 heteroatoms. The number of hydrogen-bond acceptors (Lipinski definition) is 7. The number of imidazole rings is 1. The van der Waals surface area contributed by atoms with Gasteiger partial charge < -0.3 is 14.5 Å². The molecule has 0 fully saturated rings. The van der Waals surface area contributed by atoms with E-state index in [1.165, 1.54) is 0 Å². The lowest BCUT2D eigenvalue weighted by Gasteiger charge is -2.41. The lowest BCUT2D eigenvalue weighted by atomic mass is 10.2. The minimum absolute atomic E-state index is 0.169. The van der Waals surface area contributed by atoms with Crippen molar-refractivity contribution in [2.24, 2.45) is 4.99 Å². The van der Waals surface area contributed by atoms with Crippen LogP contribution in [0.2, 0.25) is 0 Å². The number of methoxy groups -OCH3 is 1. The smallest absolute Gasteiger partial charge is 0.216 e. The number of guanidine groups is 1. The number of rotatable bonds is 5. The van der Waals surface area contributed by atoms with Gasteiger partial charge in [0, 0.05) is 20.3 Å². The summed E-state index contributed by atoms with van der Waals surface area (Å²) in [7, 11) is 1.73. The molecule has 0 saturated heterocycles. The summed E-state index contributed by atoms with van der Waals surface area (Å²) in [6.07, 6.45) is 2.51. The van der Waals surface area contributed by atoms with Gasteiger partial charge in [-0.25, -0.2) is 9.98 Å². The van der Waals surface area contributed by atoms with Gasteiger partial charge in [-0.15, -0.1) is 0 Å². The zero-order chi connectivity index (χ0) is 18.2. The Hall–Kier alpha value is -2.84. The van der Waals surface area contributed by atoms with Crippen LogP contribution < -0.4 is 10.2 Å². The van der Waals surface area contributed by atoms with Gasteiger partial charge in [-0.1, -0.05) is 12.1 Å². The molecule has 5 rings (SSSR count). The minimum Gasteiger partial charge on any atom is -0.465 e. The molecule has 1 unspecified atom stereocenters. The third kappa shape index (κ3) is 2.77. The molecule has 1 atom stereocenters. The molecule has 2 aliphatic heterocycles. The standard InChI is InChI=1S/C19H22N6O2/c1-26-10-5-9-23-12-20-18-22-17(16-8-4-11-27-16)25-15-7-3-2-6-14(15)21-19(25)24(18)13-23/h2-4,6-8,11,17H,5,9-10,12-13H2,1H3,(H,20,22). The fraction of sp³-hybridized carbons (Fsp3) is 0.368. The second kappa shape index (κ2) is 6.71. The summed E-state index contributed by atoms with van der Waals surface area (Å²) in [6, 6.07) is 12.1. The summed E-state index contributed by atoms with van der Waals surface area (Å²) in [5.74, 6) is 2.55. The molecular weight excluding hydrogens is 344 g/mol. The molecule has 140 valence electrons. The Balaban J connectivity index is 1.56. The topological polar surface area (TPSA) is 71.1 Å². The van der Waals surface area contributed by atoms with E-state index in [9.17, 15) is 0 Å². The van der Waals surface area contributed by atoms with Gasteiger partial charge in [-0.3, -0.25) is 14.4 Å². The average molecular weight is 366 g/mol. The van der Waals surface area contributed by atoms with Crippen molar-refractivity contribution >= 4 is 22.9 Å². The number of nitrogens with one attached hydrogen (secondary N) is 1. The fourth-order valence-electron chi connectivity index (χ4n) is 3.73. The zero-order valence-electron chi connectivity index (χ0n) is 15.2. The summed E-state index contributed by atoms with van der Waals surface area (Å²) in [4.78, 5) is 14.1. The highest BCUT2D eigenvalue weighted by Crippen LogP contribution is 2.33. The van der Waals surface area contributed by atoms with Crippen LogP contribution in [0.25, 0.3) is 11.0 Å². The fourth-order valence-corrected chi connectivity index (χ4v) is 3.73. The summed E-state index contributed by atoms with van der Waals surface area (Å²) in [6.45, 7) is 3.09. The van der Waals surface area contributed by atoms with E-state index in [2.05, 4.69) is 25.8 Å². The van der Waals surface area contributed by atoms with Crippen LogP contribution in [0.3, 0.4) is 0 Å². The third-order valence-corrected chi connectivity index (χ3v) is 5.00. The van der Waals surface area contributed by atoms with Crippen molar-refractivity contribution in [2.45, 2.75) is 12.6 Å². The van der Waals surface area contributed by atoms with Crippen LogP contribution in [0.1, 0.15) is 18.3 Å². The average Bonchev–Trinajstić information content (AvgIpc) is 3.36. The van der Waals surface area contributed by atoms with E-state index in [1.54, 1.807) is 13.4 Å². The van der Waals surface area contributed by atoms with Gasteiger partial charge in [0.05, 0.1) is 30.6 Å². The molecule has 0 saturated carbocycles. The first-order valence-electron chi connectivity index (χ1n) is 9.15. The largest absolute Gasteiger partial charge is 0.465 e. The number of benzene rings is 1. The highest BCUT2D eigenvalue weighted by Gasteiger charge is 2.36. The molecule has 2 aliphatic rings. The van der Waals surface area contributed by atoms with E-state index in [4.69, 9.17) is 19.1 Å². The lowest BCUT2D eigenvalue weighted by Crippen LogP contribution is -2.57. The maximum absolute atomic E-state index is 5.71. The molecule has 0 bridgehead atoms. The molecule has 0 aliphatic carbocycles. The molecule has 3 aromatic rings. The number of furan rings is 1. The molecule has 4 heterocycles. The molecule has 8 nitrogen and oxygen atoms in total. The zero-order valence-corrected chi connectivity index (χ0v) is 15.2. The first-order valence-corrected chi connectivity index (χ1v) is 9.15. The summed E-state index contributed by atoms with van der Waals surface area (Å²) >= 11 is 0. The summed E-state index contributed by atoms with van der Waals surface area (Å²) in [5.41, 5.74) is 2.03. The number of anilines is 1. The summed E-state index contributed by atoms with van der Waals surface area (Å²) < 4.78 is 13.1. The van der Waals surface area contributed by atoms with Crippen LogP contribution >= 0.6 is 0 Å². The van der Waals surface area contributed by atoms with Gasteiger partial charge in [-0.2, -0.15) is 0 Å². The maximum atomic E-state index is 5.71. The molecule has 1 N–H and O–H groups in total. The molecule has 0 radical (unpaired) electrons. The predicted molar refractivity (Wildman–Crippen MR) is 103 cm³/mol. The predicted octanol–water partition coefficient (Wildman–Crippen LogP) is 2.21. The lowest BCUT2D eigenvalue weighted by molar-refractivity contribution is 0.171. The monoisotopic (exact) mass is 366 g/mol. The van der Waals surface area contributed by atoms with Gasteiger partial charge in [0.1, 0.15) is 5.76 Å². The maximum Gasteiger partial charge on any atom is 0.216 e. The van der Waals surface area contributed by atoms with Crippen molar-refractivity contribution in [2.75, 3.05) is 38.5 Å². The number of fused-ring (bicyclic) bond motifs is 5. The minimum atomic E-state index is -0.169. The molecular formula is C19H22N6O2. The number of hydrogen-bond donors (Lipinski definition) is 1. The van der Waals surface area contributed by atoms with Crippen LogP contribution in [0.5, 0.6) is 0 Å². The molecule has 2 aromatic heterocycles. The second-order valence-electron chi connectivity index (χ2n) is 6.77. The van der Waals surface area contributed by atoms with Gasteiger partial charge in [0.2, 0.25) is 11.9 Å². The van der Waals surface area contributed by atoms with Gasteiger partial charge in [0.15, 0.2) is 6.17 Å². The van der Waals surface area contributed by atoms with Crippen molar-refractivity contribution in [1.82, 2.24) is 19.8 Å². The molecule has 0 spiro atoms. The number of nitrogens with zero attached hydrogens (tertiary/aromatic N) is 5. The molecule has 1 aromatic carbocycles. The van der Waals surface area contributed by atoms with Crippen LogP contribution in [0.4, 0.5) is 5.95 Å². The van der Waals surface area contributed by atoms with E-state index in [0.29, 0.717) is 6.67 Å². The Morgan fingerprint density at radius 2 is 2.19 bits per heavy atom. The Morgan fingerprint density at radius 3 is 3.04 bits per heavy atom. The van der Waals surface area contributed by atoms with Gasteiger partial charge in [-0.05, 0) is 30.7 Å². The van der Waals surface area contributed by atoms with Crippen LogP contribution in [-0.4, -0.2) is 54.0 Å². The molecule has 0 amide bonds. The Kier molecular flexibility index (Phi) is 4.06. The van der Waals surface area contributed by atoms with Crippen molar-refractivity contribution in [3.05, 3.63) is 48.4 Å². The van der Waals surface area contributed by atoms with E-state index in [1.807, 2.05) is 30.3 Å².